The highest BCUT2D eigenvalue weighted by Gasteiger charge is 2.51. The standard InChI is InChI=1S/C29H28N2O5/c1-18(2)35-26-6-4-5-24(31(26)34)17-25-19(3)30-36-27(25)22-9-7-20(8-10-22)21-11-13-23(14-12-21)29(15-16-29)28(32)33/h4-14,18H,15-17H2,1-3H3,(H,32,33). The molecule has 1 fully saturated rings. The van der Waals surface area contributed by atoms with E-state index in [9.17, 15) is 15.1 Å². The minimum atomic E-state index is -0.751. The molecule has 2 aromatic carbocycles. The van der Waals surface area contributed by atoms with Gasteiger partial charge in [-0.25, -0.2) is 0 Å². The van der Waals surface area contributed by atoms with Gasteiger partial charge in [-0.3, -0.25) is 4.79 Å². The number of benzene rings is 2. The molecule has 184 valence electrons. The number of hydrogen-bond acceptors (Lipinski definition) is 5. The molecule has 0 bridgehead atoms. The van der Waals surface area contributed by atoms with Crippen molar-refractivity contribution in [3.63, 3.8) is 0 Å². The number of pyridine rings is 1. The zero-order chi connectivity index (χ0) is 25.4. The molecule has 1 saturated carbocycles. The Morgan fingerprint density at radius 3 is 2.25 bits per heavy atom. The maximum Gasteiger partial charge on any atom is 0.379 e. The molecule has 1 N–H and O–H groups in total. The number of carboxylic acids is 1. The van der Waals surface area contributed by atoms with E-state index in [0.29, 0.717) is 30.7 Å². The van der Waals surface area contributed by atoms with Crippen LogP contribution in [0.4, 0.5) is 0 Å². The number of aromatic nitrogens is 2. The monoisotopic (exact) mass is 484 g/mol. The van der Waals surface area contributed by atoms with Crippen molar-refractivity contribution < 1.29 is 23.9 Å². The number of ether oxygens (including phenoxy) is 1. The van der Waals surface area contributed by atoms with Crippen LogP contribution in [-0.4, -0.2) is 22.3 Å². The number of carbonyl (C=O) groups is 1. The highest BCUT2D eigenvalue weighted by molar-refractivity contribution is 5.85. The molecule has 5 rings (SSSR count). The van der Waals surface area contributed by atoms with E-state index in [1.807, 2.05) is 75.4 Å². The van der Waals surface area contributed by atoms with Gasteiger partial charge in [0, 0.05) is 17.2 Å². The van der Waals surface area contributed by atoms with Crippen LogP contribution < -0.4 is 9.47 Å². The highest BCUT2D eigenvalue weighted by Crippen LogP contribution is 2.48. The van der Waals surface area contributed by atoms with Gasteiger partial charge in [0.15, 0.2) is 5.76 Å². The van der Waals surface area contributed by atoms with E-state index < -0.39 is 11.4 Å². The lowest BCUT2D eigenvalue weighted by Crippen LogP contribution is -2.35. The number of nitrogens with zero attached hydrogens (tertiary/aromatic N) is 2. The molecule has 7 heteroatoms. The third kappa shape index (κ3) is 4.33. The van der Waals surface area contributed by atoms with Gasteiger partial charge in [0.2, 0.25) is 5.69 Å². The lowest BCUT2D eigenvalue weighted by Gasteiger charge is -2.12. The van der Waals surface area contributed by atoms with Crippen LogP contribution in [0.2, 0.25) is 0 Å². The Bertz CT molecular complexity index is 1400. The lowest BCUT2D eigenvalue weighted by atomic mass is 9.93. The first-order valence-electron chi connectivity index (χ1n) is 12.1. The van der Waals surface area contributed by atoms with Crippen molar-refractivity contribution in [1.82, 2.24) is 5.16 Å². The second-order valence-corrected chi connectivity index (χ2v) is 9.61. The Kier molecular flexibility index (Phi) is 6.00. The van der Waals surface area contributed by atoms with E-state index in [0.717, 1.165) is 38.2 Å². The van der Waals surface area contributed by atoms with Gasteiger partial charge in [-0.1, -0.05) is 53.7 Å². The van der Waals surface area contributed by atoms with Crippen LogP contribution in [-0.2, 0) is 16.6 Å². The van der Waals surface area contributed by atoms with Crippen molar-refractivity contribution in [1.29, 1.82) is 0 Å². The molecule has 1 aliphatic carbocycles. The Morgan fingerprint density at radius 1 is 1.06 bits per heavy atom. The first-order valence-corrected chi connectivity index (χ1v) is 12.1. The fraction of sp³-hybridized carbons (Fsp3) is 0.276. The van der Waals surface area contributed by atoms with Crippen LogP contribution in [0.3, 0.4) is 0 Å². The molecule has 0 atom stereocenters. The summed E-state index contributed by atoms with van der Waals surface area (Å²) in [5, 5.41) is 26.5. The molecule has 0 amide bonds. The molecule has 0 radical (unpaired) electrons. The topological polar surface area (TPSA) is 99.5 Å². The number of hydrogen-bond donors (Lipinski definition) is 1. The van der Waals surface area contributed by atoms with E-state index in [-0.39, 0.29) is 12.0 Å². The summed E-state index contributed by atoms with van der Waals surface area (Å²) in [4.78, 5) is 11.6. The maximum atomic E-state index is 12.8. The third-order valence-corrected chi connectivity index (χ3v) is 6.76. The van der Waals surface area contributed by atoms with E-state index in [1.54, 1.807) is 12.1 Å². The Labute approximate surface area is 209 Å². The normalized spacial score (nSPS) is 14.1. The number of rotatable bonds is 8. The van der Waals surface area contributed by atoms with Crippen molar-refractivity contribution >= 4 is 5.97 Å². The second kappa shape index (κ2) is 9.15. The highest BCUT2D eigenvalue weighted by atomic mass is 16.6. The van der Waals surface area contributed by atoms with Crippen LogP contribution in [0.25, 0.3) is 22.5 Å². The van der Waals surface area contributed by atoms with Gasteiger partial charge in [0.1, 0.15) is 0 Å². The molecule has 2 aromatic heterocycles. The lowest BCUT2D eigenvalue weighted by molar-refractivity contribution is -0.621. The van der Waals surface area contributed by atoms with E-state index in [2.05, 4.69) is 5.16 Å². The van der Waals surface area contributed by atoms with Crippen LogP contribution in [0.1, 0.15) is 49.2 Å². The van der Waals surface area contributed by atoms with Gasteiger partial charge in [-0.05, 0) is 56.4 Å². The van der Waals surface area contributed by atoms with Crippen molar-refractivity contribution in [2.24, 2.45) is 0 Å². The molecular weight excluding hydrogens is 456 g/mol. The molecule has 4 aromatic rings. The van der Waals surface area contributed by atoms with E-state index in [1.165, 1.54) is 0 Å². The molecule has 0 saturated heterocycles. The average molecular weight is 485 g/mol. The summed E-state index contributed by atoms with van der Waals surface area (Å²) in [5.74, 6) is 0.144. The molecule has 7 nitrogen and oxygen atoms in total. The van der Waals surface area contributed by atoms with Crippen molar-refractivity contribution in [3.8, 4) is 28.3 Å². The van der Waals surface area contributed by atoms with Gasteiger partial charge in [0.05, 0.1) is 29.7 Å². The van der Waals surface area contributed by atoms with Gasteiger partial charge in [-0.2, -0.15) is 0 Å². The minimum absolute atomic E-state index is 0.102. The third-order valence-electron chi connectivity index (χ3n) is 6.76. The zero-order valence-corrected chi connectivity index (χ0v) is 20.5. The maximum absolute atomic E-state index is 12.8. The number of aryl methyl sites for hydroxylation is 1. The van der Waals surface area contributed by atoms with Gasteiger partial charge >= 0.3 is 11.8 Å². The molecule has 1 aliphatic rings. The summed E-state index contributed by atoms with van der Waals surface area (Å²) in [5.41, 5.74) is 5.16. The molecule has 0 unspecified atom stereocenters. The Balaban J connectivity index is 1.39. The first-order chi connectivity index (χ1) is 17.3. The van der Waals surface area contributed by atoms with E-state index >= 15 is 0 Å². The summed E-state index contributed by atoms with van der Waals surface area (Å²) in [6, 6.07) is 21.0. The Morgan fingerprint density at radius 2 is 1.67 bits per heavy atom. The predicted octanol–water partition coefficient (Wildman–Crippen LogP) is 5.44. The quantitative estimate of drug-likeness (QED) is 0.264. The van der Waals surface area contributed by atoms with Gasteiger partial charge < -0.3 is 19.6 Å². The molecule has 0 spiro atoms. The minimum Gasteiger partial charge on any atom is -0.616 e. The van der Waals surface area contributed by atoms with Gasteiger partial charge in [-0.15, -0.1) is 4.73 Å². The van der Waals surface area contributed by atoms with Crippen molar-refractivity contribution in [2.45, 2.75) is 51.6 Å². The average Bonchev–Trinajstić information content (AvgIpc) is 3.61. The SMILES string of the molecule is Cc1noc(-c2ccc(-c3ccc(C4(C(=O)O)CC4)cc3)cc2)c1Cc1cccc(OC(C)C)[n+]1[O-]. The summed E-state index contributed by atoms with van der Waals surface area (Å²) in [6.45, 7) is 5.63. The first kappa shape index (κ1) is 23.6. The smallest absolute Gasteiger partial charge is 0.379 e. The second-order valence-electron chi connectivity index (χ2n) is 9.61. The van der Waals surface area contributed by atoms with E-state index in [4.69, 9.17) is 9.26 Å². The fourth-order valence-corrected chi connectivity index (χ4v) is 4.53. The fourth-order valence-electron chi connectivity index (χ4n) is 4.53. The molecular formula is C29H28N2O5. The van der Waals surface area contributed by atoms with Crippen molar-refractivity contribution in [2.75, 3.05) is 0 Å². The van der Waals surface area contributed by atoms with Gasteiger partial charge in [0.25, 0.3) is 0 Å². The zero-order valence-electron chi connectivity index (χ0n) is 20.5. The Hall–Kier alpha value is -4.13. The summed E-state index contributed by atoms with van der Waals surface area (Å²) < 4.78 is 12.1. The largest absolute Gasteiger partial charge is 0.616 e. The summed E-state index contributed by atoms with van der Waals surface area (Å²) in [7, 11) is 0. The molecule has 2 heterocycles. The molecule has 36 heavy (non-hydrogen) atoms. The van der Waals surface area contributed by atoms with Crippen molar-refractivity contribution in [3.05, 3.63) is 94.5 Å². The number of aliphatic carboxylic acids is 1. The predicted molar refractivity (Wildman–Crippen MR) is 135 cm³/mol. The molecule has 0 aliphatic heterocycles. The number of carboxylic acid groups (broad SMARTS) is 1. The summed E-state index contributed by atoms with van der Waals surface area (Å²) in [6.07, 6.45) is 1.64. The van der Waals surface area contributed by atoms with Crippen LogP contribution in [0.15, 0.2) is 71.3 Å². The summed E-state index contributed by atoms with van der Waals surface area (Å²) >= 11 is 0. The van der Waals surface area contributed by atoms with Crippen LogP contribution >= 0.6 is 0 Å². The van der Waals surface area contributed by atoms with Crippen LogP contribution in [0, 0.1) is 12.1 Å². The van der Waals surface area contributed by atoms with Crippen LogP contribution in [0.5, 0.6) is 5.88 Å².